The zero-order valence-electron chi connectivity index (χ0n) is 9.21. The lowest BCUT2D eigenvalue weighted by molar-refractivity contribution is -0.103. The van der Waals surface area contributed by atoms with Gasteiger partial charge in [0.15, 0.2) is 6.29 Å². The van der Waals surface area contributed by atoms with Crippen molar-refractivity contribution in [3.63, 3.8) is 0 Å². The first-order valence-electron chi connectivity index (χ1n) is 5.09. The molecule has 2 rings (SSSR count). The number of hydrogen-bond donors (Lipinski definition) is 1. The number of aromatic carboxylic acids is 1. The van der Waals surface area contributed by atoms with E-state index >= 15 is 0 Å². The normalized spacial score (nSPS) is 9.33. The molecule has 0 fully saturated rings. The van der Waals surface area contributed by atoms with Crippen LogP contribution >= 0.6 is 0 Å². The summed E-state index contributed by atoms with van der Waals surface area (Å²) in [6.45, 7) is 0. The molecule has 1 aromatic heterocycles. The Balaban J connectivity index is 2.28. The average Bonchev–Trinajstić information content (AvgIpc) is 2.87. The Morgan fingerprint density at radius 3 is 2.44 bits per heavy atom. The molecule has 1 N–H and O–H groups in total. The van der Waals surface area contributed by atoms with Crippen molar-refractivity contribution in [2.45, 2.75) is 0 Å². The van der Waals surface area contributed by atoms with Crippen molar-refractivity contribution >= 4 is 12.3 Å². The second kappa shape index (κ2) is 5.02. The quantitative estimate of drug-likeness (QED) is 0.645. The van der Waals surface area contributed by atoms with Gasteiger partial charge in [0.05, 0.1) is 0 Å². The molecular weight excluding hydrogens is 232 g/mol. The molecule has 0 spiro atoms. The summed E-state index contributed by atoms with van der Waals surface area (Å²) in [6.07, 6.45) is 0.527. The van der Waals surface area contributed by atoms with Crippen molar-refractivity contribution in [3.05, 3.63) is 47.7 Å². The number of hydrogen-bond acceptors (Lipinski definition) is 3. The Morgan fingerprint density at radius 2 is 1.89 bits per heavy atom. The standard InChI is InChI=1S/C14H8O4/c15-9-1-2-10-3-5-11(6-4-10)12-7-8-13(18-12)14(16)17/h3-9H,(H,16,17). The first-order valence-corrected chi connectivity index (χ1v) is 5.09. The second-order valence-electron chi connectivity index (χ2n) is 3.43. The van der Waals surface area contributed by atoms with E-state index in [-0.39, 0.29) is 5.76 Å². The minimum absolute atomic E-state index is 0.102. The topological polar surface area (TPSA) is 67.5 Å². The van der Waals surface area contributed by atoms with Gasteiger partial charge in [0, 0.05) is 11.1 Å². The number of carbonyl (C=O) groups is 2. The van der Waals surface area contributed by atoms with Gasteiger partial charge in [-0.2, -0.15) is 0 Å². The fourth-order valence-electron chi connectivity index (χ4n) is 1.44. The highest BCUT2D eigenvalue weighted by Gasteiger charge is 2.09. The van der Waals surface area contributed by atoms with E-state index in [1.54, 1.807) is 30.3 Å². The SMILES string of the molecule is O=CC#Cc1ccc(-c2ccc(C(=O)O)o2)cc1. The van der Waals surface area contributed by atoms with Crippen LogP contribution in [0.4, 0.5) is 0 Å². The second-order valence-corrected chi connectivity index (χ2v) is 3.43. The van der Waals surface area contributed by atoms with E-state index in [1.165, 1.54) is 6.07 Å². The van der Waals surface area contributed by atoms with Crippen LogP contribution in [0.15, 0.2) is 40.8 Å². The maximum Gasteiger partial charge on any atom is 0.371 e. The first-order chi connectivity index (χ1) is 8.70. The van der Waals surface area contributed by atoms with Crippen molar-refractivity contribution in [2.24, 2.45) is 0 Å². The lowest BCUT2D eigenvalue weighted by Crippen LogP contribution is -1.91. The van der Waals surface area contributed by atoms with Crippen LogP contribution in [0.1, 0.15) is 16.1 Å². The summed E-state index contributed by atoms with van der Waals surface area (Å²) in [6, 6.07) is 9.95. The Hall–Kier alpha value is -2.80. The molecule has 0 atom stereocenters. The number of carbonyl (C=O) groups excluding carboxylic acids is 1. The zero-order valence-corrected chi connectivity index (χ0v) is 9.21. The van der Waals surface area contributed by atoms with Gasteiger partial charge in [-0.25, -0.2) is 4.79 Å². The zero-order chi connectivity index (χ0) is 13.0. The minimum Gasteiger partial charge on any atom is -0.475 e. The largest absolute Gasteiger partial charge is 0.475 e. The Bertz CT molecular complexity index is 638. The van der Waals surface area contributed by atoms with Crippen molar-refractivity contribution in [1.29, 1.82) is 0 Å². The van der Waals surface area contributed by atoms with E-state index in [4.69, 9.17) is 9.52 Å². The van der Waals surface area contributed by atoms with Gasteiger partial charge in [0.1, 0.15) is 5.76 Å². The first kappa shape index (κ1) is 11.7. The fourth-order valence-corrected chi connectivity index (χ4v) is 1.44. The Labute approximate surface area is 103 Å². The Morgan fingerprint density at radius 1 is 1.17 bits per heavy atom. The van der Waals surface area contributed by atoms with Crippen LogP contribution in [0.2, 0.25) is 0 Å². The van der Waals surface area contributed by atoms with Crippen molar-refractivity contribution < 1.29 is 19.1 Å². The van der Waals surface area contributed by atoms with Gasteiger partial charge in [-0.3, -0.25) is 4.79 Å². The summed E-state index contributed by atoms with van der Waals surface area (Å²) < 4.78 is 5.16. The summed E-state index contributed by atoms with van der Waals surface area (Å²) in [5, 5.41) is 8.74. The highest BCUT2D eigenvalue weighted by molar-refractivity contribution is 5.85. The molecule has 0 saturated carbocycles. The number of benzene rings is 1. The smallest absolute Gasteiger partial charge is 0.371 e. The predicted molar refractivity (Wildman–Crippen MR) is 64.0 cm³/mol. The highest BCUT2D eigenvalue weighted by Crippen LogP contribution is 2.22. The number of carboxylic acids is 1. The predicted octanol–water partition coefficient (Wildman–Crippen LogP) is 2.20. The van der Waals surface area contributed by atoms with Gasteiger partial charge < -0.3 is 9.52 Å². The van der Waals surface area contributed by atoms with E-state index < -0.39 is 5.97 Å². The van der Waals surface area contributed by atoms with Crippen molar-refractivity contribution in [1.82, 2.24) is 0 Å². The molecule has 0 bridgehead atoms. The van der Waals surface area contributed by atoms with E-state index in [0.717, 1.165) is 5.56 Å². The number of carboxylic acid groups (broad SMARTS) is 1. The van der Waals surface area contributed by atoms with Crippen LogP contribution in [-0.4, -0.2) is 17.4 Å². The molecule has 1 heterocycles. The summed E-state index contributed by atoms with van der Waals surface area (Å²) >= 11 is 0. The van der Waals surface area contributed by atoms with Crippen LogP contribution in [0.3, 0.4) is 0 Å². The molecule has 0 aliphatic heterocycles. The minimum atomic E-state index is -1.10. The van der Waals surface area contributed by atoms with Crippen LogP contribution < -0.4 is 0 Å². The molecule has 0 aliphatic rings. The molecule has 0 unspecified atom stereocenters. The van der Waals surface area contributed by atoms with E-state index in [1.807, 2.05) is 0 Å². The highest BCUT2D eigenvalue weighted by atomic mass is 16.4. The van der Waals surface area contributed by atoms with E-state index in [0.29, 0.717) is 17.6 Å². The summed E-state index contributed by atoms with van der Waals surface area (Å²) in [5.74, 6) is 4.23. The van der Waals surface area contributed by atoms with Crippen LogP contribution in [-0.2, 0) is 4.79 Å². The molecule has 0 amide bonds. The third-order valence-electron chi connectivity index (χ3n) is 2.26. The molecule has 4 heteroatoms. The average molecular weight is 240 g/mol. The van der Waals surface area contributed by atoms with Gasteiger partial charge >= 0.3 is 5.97 Å². The number of rotatable bonds is 2. The molecule has 1 aromatic carbocycles. The molecule has 0 saturated heterocycles. The van der Waals surface area contributed by atoms with Crippen LogP contribution in [0, 0.1) is 11.8 Å². The maximum absolute atomic E-state index is 10.7. The summed E-state index contributed by atoms with van der Waals surface area (Å²) in [4.78, 5) is 20.8. The van der Waals surface area contributed by atoms with Gasteiger partial charge in [0.25, 0.3) is 0 Å². The Kier molecular flexibility index (Phi) is 3.26. The van der Waals surface area contributed by atoms with Crippen molar-refractivity contribution in [2.75, 3.05) is 0 Å². The molecular formula is C14H8O4. The molecule has 18 heavy (non-hydrogen) atoms. The fraction of sp³-hybridized carbons (Fsp3) is 0. The van der Waals surface area contributed by atoms with Crippen LogP contribution in [0.25, 0.3) is 11.3 Å². The van der Waals surface area contributed by atoms with Crippen LogP contribution in [0.5, 0.6) is 0 Å². The monoisotopic (exact) mass is 240 g/mol. The van der Waals surface area contributed by atoms with Gasteiger partial charge in [0.2, 0.25) is 5.76 Å². The molecule has 88 valence electrons. The van der Waals surface area contributed by atoms with E-state index in [2.05, 4.69) is 11.8 Å². The molecule has 0 radical (unpaired) electrons. The molecule has 0 aliphatic carbocycles. The summed E-state index contributed by atoms with van der Waals surface area (Å²) in [5.41, 5.74) is 1.45. The van der Waals surface area contributed by atoms with Gasteiger partial charge in [-0.15, -0.1) is 0 Å². The molecule has 2 aromatic rings. The maximum atomic E-state index is 10.7. The van der Waals surface area contributed by atoms with Gasteiger partial charge in [-0.05, 0) is 30.2 Å². The lowest BCUT2D eigenvalue weighted by atomic mass is 10.1. The van der Waals surface area contributed by atoms with Gasteiger partial charge in [-0.1, -0.05) is 18.1 Å². The van der Waals surface area contributed by atoms with Crippen molar-refractivity contribution in [3.8, 4) is 23.2 Å². The third kappa shape index (κ3) is 2.47. The third-order valence-corrected chi connectivity index (χ3v) is 2.26. The van der Waals surface area contributed by atoms with E-state index in [9.17, 15) is 9.59 Å². The lowest BCUT2D eigenvalue weighted by Gasteiger charge is -1.96. The number of furan rings is 1. The summed E-state index contributed by atoms with van der Waals surface area (Å²) in [7, 11) is 0. The number of aldehydes is 1. The molecule has 4 nitrogen and oxygen atoms in total.